The van der Waals surface area contributed by atoms with Crippen LogP contribution in [0.4, 0.5) is 0 Å². The summed E-state index contributed by atoms with van der Waals surface area (Å²) in [6.07, 6.45) is 0.879. The van der Waals surface area contributed by atoms with Crippen molar-refractivity contribution in [3.05, 3.63) is 64.7 Å². The van der Waals surface area contributed by atoms with Crippen LogP contribution in [-0.4, -0.2) is 57.8 Å². The molecule has 6 nitrogen and oxygen atoms in total. The van der Waals surface area contributed by atoms with Crippen LogP contribution in [0.5, 0.6) is 0 Å². The van der Waals surface area contributed by atoms with Crippen LogP contribution in [0.3, 0.4) is 0 Å². The van der Waals surface area contributed by atoms with Crippen molar-refractivity contribution in [3.63, 3.8) is 0 Å². The molecule has 0 unspecified atom stereocenters. The van der Waals surface area contributed by atoms with Gasteiger partial charge in [-0.15, -0.1) is 0 Å². The number of rotatable bonds is 9. The predicted octanol–water partition coefficient (Wildman–Crippen LogP) is 2.84. The van der Waals surface area contributed by atoms with Gasteiger partial charge in [-0.05, 0) is 69.0 Å². The molecule has 28 heavy (non-hydrogen) atoms. The topological polar surface area (TPSA) is 69.7 Å². The van der Waals surface area contributed by atoms with Gasteiger partial charge in [-0.3, -0.25) is 4.79 Å². The van der Waals surface area contributed by atoms with Crippen molar-refractivity contribution >= 4 is 27.5 Å². The lowest BCUT2D eigenvalue weighted by molar-refractivity contribution is 0.0952. The molecule has 0 saturated heterocycles. The van der Waals surface area contributed by atoms with Crippen LogP contribution in [0.1, 0.15) is 22.3 Å². The quantitative estimate of drug-likeness (QED) is 0.629. The Morgan fingerprint density at radius 2 is 1.61 bits per heavy atom. The molecule has 0 aliphatic rings. The normalized spacial score (nSPS) is 11.8. The maximum absolute atomic E-state index is 12.6. The predicted molar refractivity (Wildman–Crippen MR) is 112 cm³/mol. The Labute approximate surface area is 172 Å². The third-order valence-electron chi connectivity index (χ3n) is 4.21. The first kappa shape index (κ1) is 22.4. The second-order valence-electron chi connectivity index (χ2n) is 6.82. The Hall–Kier alpha value is -1.93. The molecule has 0 bridgehead atoms. The van der Waals surface area contributed by atoms with Gasteiger partial charge in [-0.1, -0.05) is 23.7 Å². The van der Waals surface area contributed by atoms with Crippen LogP contribution in [0, 0.1) is 0 Å². The number of hydrogen-bond acceptors (Lipinski definition) is 4. The molecule has 0 radical (unpaired) electrons. The van der Waals surface area contributed by atoms with Crippen LogP contribution >= 0.6 is 11.6 Å². The minimum atomic E-state index is -3.61. The SMILES string of the molecule is CN(C)CCCNC(=O)c1ccc(CN(C)S(=O)(=O)c2ccc(Cl)cc2)cc1. The zero-order valence-electron chi connectivity index (χ0n) is 16.4. The zero-order valence-corrected chi connectivity index (χ0v) is 17.9. The molecule has 2 aromatic carbocycles. The first-order chi connectivity index (χ1) is 13.2. The van der Waals surface area contributed by atoms with E-state index < -0.39 is 10.0 Å². The smallest absolute Gasteiger partial charge is 0.251 e. The molecule has 0 atom stereocenters. The zero-order chi connectivity index (χ0) is 20.7. The number of nitrogens with zero attached hydrogens (tertiary/aromatic N) is 2. The molecule has 152 valence electrons. The van der Waals surface area contributed by atoms with Crippen LogP contribution < -0.4 is 5.32 Å². The fourth-order valence-electron chi connectivity index (χ4n) is 2.59. The highest BCUT2D eigenvalue weighted by molar-refractivity contribution is 7.89. The lowest BCUT2D eigenvalue weighted by Crippen LogP contribution is -2.27. The molecule has 2 rings (SSSR count). The van der Waals surface area contributed by atoms with E-state index >= 15 is 0 Å². The number of carbonyl (C=O) groups excluding carboxylic acids is 1. The van der Waals surface area contributed by atoms with Gasteiger partial charge in [0.1, 0.15) is 0 Å². The third-order valence-corrected chi connectivity index (χ3v) is 6.28. The van der Waals surface area contributed by atoms with E-state index in [1.165, 1.54) is 23.5 Å². The first-order valence-corrected chi connectivity index (χ1v) is 10.8. The molecule has 2 aromatic rings. The number of halogens is 1. The molecule has 0 aliphatic carbocycles. The van der Waals surface area contributed by atoms with E-state index in [1.54, 1.807) is 36.4 Å². The number of amides is 1. The molecule has 1 N–H and O–H groups in total. The van der Waals surface area contributed by atoms with Crippen molar-refractivity contribution in [3.8, 4) is 0 Å². The molecule has 0 spiro atoms. The van der Waals surface area contributed by atoms with E-state index in [4.69, 9.17) is 11.6 Å². The average Bonchev–Trinajstić information content (AvgIpc) is 2.65. The van der Waals surface area contributed by atoms with Crippen LogP contribution in [-0.2, 0) is 16.6 Å². The van der Waals surface area contributed by atoms with Gasteiger partial charge in [0.05, 0.1) is 4.90 Å². The Morgan fingerprint density at radius 1 is 1.00 bits per heavy atom. The summed E-state index contributed by atoms with van der Waals surface area (Å²) in [5.74, 6) is -0.132. The van der Waals surface area contributed by atoms with Crippen molar-refractivity contribution in [1.29, 1.82) is 0 Å². The van der Waals surface area contributed by atoms with Gasteiger partial charge in [0.15, 0.2) is 0 Å². The molecular formula is C20H26ClN3O3S. The summed E-state index contributed by atoms with van der Waals surface area (Å²) in [5, 5.41) is 3.37. The third kappa shape index (κ3) is 6.31. The van der Waals surface area contributed by atoms with E-state index in [0.29, 0.717) is 17.1 Å². The van der Waals surface area contributed by atoms with Crippen LogP contribution in [0.15, 0.2) is 53.4 Å². The van der Waals surface area contributed by atoms with E-state index in [0.717, 1.165) is 18.5 Å². The van der Waals surface area contributed by atoms with Gasteiger partial charge in [-0.25, -0.2) is 8.42 Å². The second kappa shape index (κ2) is 10.0. The molecule has 8 heteroatoms. The number of nitrogens with one attached hydrogen (secondary N) is 1. The van der Waals surface area contributed by atoms with Gasteiger partial charge in [0, 0.05) is 30.7 Å². The minimum Gasteiger partial charge on any atom is -0.352 e. The summed E-state index contributed by atoms with van der Waals surface area (Å²) in [4.78, 5) is 14.4. The Bertz CT molecular complexity index is 882. The lowest BCUT2D eigenvalue weighted by atomic mass is 10.1. The summed E-state index contributed by atoms with van der Waals surface area (Å²) >= 11 is 5.82. The highest BCUT2D eigenvalue weighted by Crippen LogP contribution is 2.19. The Morgan fingerprint density at radius 3 is 2.18 bits per heavy atom. The second-order valence-corrected chi connectivity index (χ2v) is 9.31. The molecular weight excluding hydrogens is 398 g/mol. The highest BCUT2D eigenvalue weighted by Gasteiger charge is 2.20. The van der Waals surface area contributed by atoms with Crippen molar-refractivity contribution < 1.29 is 13.2 Å². The standard InChI is InChI=1S/C20H26ClN3O3S/c1-23(2)14-4-13-22-20(25)17-7-5-16(6-8-17)15-24(3)28(26,27)19-11-9-18(21)10-12-19/h5-12H,4,13-15H2,1-3H3,(H,22,25). The van der Waals surface area contributed by atoms with Crippen molar-refractivity contribution in [2.75, 3.05) is 34.2 Å². The maximum Gasteiger partial charge on any atom is 0.251 e. The molecule has 1 amide bonds. The van der Waals surface area contributed by atoms with E-state index in [9.17, 15) is 13.2 Å². The van der Waals surface area contributed by atoms with Crippen molar-refractivity contribution in [2.24, 2.45) is 0 Å². The summed E-state index contributed by atoms with van der Waals surface area (Å²) in [5.41, 5.74) is 1.35. The molecule has 0 aliphatic heterocycles. The van der Waals surface area contributed by atoms with Gasteiger partial charge < -0.3 is 10.2 Å². The fourth-order valence-corrected chi connectivity index (χ4v) is 3.87. The van der Waals surface area contributed by atoms with Gasteiger partial charge in [0.25, 0.3) is 5.91 Å². The fraction of sp³-hybridized carbons (Fsp3) is 0.350. The van der Waals surface area contributed by atoms with E-state index in [-0.39, 0.29) is 17.3 Å². The first-order valence-electron chi connectivity index (χ1n) is 8.94. The molecule has 0 saturated carbocycles. The monoisotopic (exact) mass is 423 g/mol. The lowest BCUT2D eigenvalue weighted by Gasteiger charge is -2.17. The summed E-state index contributed by atoms with van der Waals surface area (Å²) in [6, 6.07) is 13.0. The van der Waals surface area contributed by atoms with Crippen LogP contribution in [0.25, 0.3) is 0 Å². The number of benzene rings is 2. The van der Waals surface area contributed by atoms with Crippen molar-refractivity contribution in [1.82, 2.24) is 14.5 Å². The molecule has 0 fully saturated rings. The van der Waals surface area contributed by atoms with Crippen molar-refractivity contribution in [2.45, 2.75) is 17.9 Å². The van der Waals surface area contributed by atoms with Crippen LogP contribution in [0.2, 0.25) is 5.02 Å². The summed E-state index contributed by atoms with van der Waals surface area (Å²) in [7, 11) is 1.89. The average molecular weight is 424 g/mol. The largest absolute Gasteiger partial charge is 0.352 e. The number of sulfonamides is 1. The highest BCUT2D eigenvalue weighted by atomic mass is 35.5. The molecule has 0 aromatic heterocycles. The number of hydrogen-bond donors (Lipinski definition) is 1. The summed E-state index contributed by atoms with van der Waals surface area (Å²) < 4.78 is 26.5. The van der Waals surface area contributed by atoms with Gasteiger partial charge >= 0.3 is 0 Å². The maximum atomic E-state index is 12.6. The molecule has 0 heterocycles. The van der Waals surface area contributed by atoms with E-state index in [2.05, 4.69) is 10.2 Å². The Kier molecular flexibility index (Phi) is 8.00. The minimum absolute atomic E-state index is 0.132. The van der Waals surface area contributed by atoms with Gasteiger partial charge in [0.2, 0.25) is 10.0 Å². The summed E-state index contributed by atoms with van der Waals surface area (Å²) in [6.45, 7) is 1.73. The van der Waals surface area contributed by atoms with E-state index in [1.807, 2.05) is 14.1 Å². The van der Waals surface area contributed by atoms with Gasteiger partial charge in [-0.2, -0.15) is 4.31 Å². The number of carbonyl (C=O) groups is 1. The Balaban J connectivity index is 1.96.